The van der Waals surface area contributed by atoms with Crippen LogP contribution in [0.25, 0.3) is 17.2 Å². The highest BCUT2D eigenvalue weighted by molar-refractivity contribution is 6.29. The number of ether oxygens (including phenoxy) is 1. The van der Waals surface area contributed by atoms with Crippen molar-refractivity contribution in [2.24, 2.45) is 0 Å². The number of nitrogen functional groups attached to an aromatic ring is 1. The number of hydrogen-bond donors (Lipinski definition) is 2. The first-order valence-electron chi connectivity index (χ1n) is 11.2. The van der Waals surface area contributed by atoms with Gasteiger partial charge in [-0.15, -0.1) is 0 Å². The number of carbonyl (C=O) groups excluding carboxylic acids is 1. The number of hydrogen-bond acceptors (Lipinski definition) is 5. The van der Waals surface area contributed by atoms with E-state index in [0.29, 0.717) is 29.6 Å². The number of benzene rings is 2. The smallest absolute Gasteiger partial charge is 0.407 e. The second kappa shape index (κ2) is 10.9. The molecule has 0 bridgehead atoms. The topological polar surface area (TPSA) is 101 Å². The summed E-state index contributed by atoms with van der Waals surface area (Å²) in [4.78, 5) is 16.5. The Morgan fingerprint density at radius 2 is 1.94 bits per heavy atom. The van der Waals surface area contributed by atoms with Crippen molar-refractivity contribution in [2.75, 3.05) is 12.3 Å². The highest BCUT2D eigenvalue weighted by atomic mass is 35.5. The minimum Gasteiger partial charge on any atom is -0.450 e. The number of aromatic nitrogens is 1. The summed E-state index contributed by atoms with van der Waals surface area (Å²) in [5, 5.41) is 12.3. The molecule has 3 aromatic rings. The van der Waals surface area contributed by atoms with Crippen LogP contribution in [0.1, 0.15) is 47.6 Å². The van der Waals surface area contributed by atoms with E-state index in [1.165, 1.54) is 0 Å². The molecule has 34 heavy (non-hydrogen) atoms. The molecule has 0 saturated heterocycles. The van der Waals surface area contributed by atoms with Crippen molar-refractivity contribution in [1.29, 1.82) is 5.26 Å². The van der Waals surface area contributed by atoms with Gasteiger partial charge in [0.05, 0.1) is 23.9 Å². The molecule has 2 aromatic carbocycles. The zero-order valence-electron chi connectivity index (χ0n) is 18.6. The summed E-state index contributed by atoms with van der Waals surface area (Å²) < 4.78 is 5.32. The molecule has 0 saturated carbocycles. The molecule has 0 fully saturated rings. The van der Waals surface area contributed by atoms with E-state index in [0.717, 1.165) is 47.2 Å². The number of nitrogens with two attached hydrogens (primary N) is 1. The average Bonchev–Trinajstić information content (AvgIpc) is 3.25. The fourth-order valence-electron chi connectivity index (χ4n) is 4.05. The number of allylic oxidation sites excluding steroid dienone is 1. The van der Waals surface area contributed by atoms with Gasteiger partial charge in [-0.2, -0.15) is 5.26 Å². The SMILES string of the molecule is N#Cc1cccc(-c2cccc(CNC(=O)OCCCCC3C=Cc4c(N)cc(Cl)nc43)c2)c1. The first kappa shape index (κ1) is 23.3. The van der Waals surface area contributed by atoms with E-state index in [9.17, 15) is 4.79 Å². The first-order chi connectivity index (χ1) is 16.5. The van der Waals surface area contributed by atoms with Crippen molar-refractivity contribution in [2.45, 2.75) is 31.7 Å². The lowest BCUT2D eigenvalue weighted by atomic mass is 10.00. The lowest BCUT2D eigenvalue weighted by molar-refractivity contribution is 0.143. The summed E-state index contributed by atoms with van der Waals surface area (Å²) in [5.74, 6) is 0.186. The number of nitriles is 1. The third-order valence-corrected chi connectivity index (χ3v) is 5.96. The highest BCUT2D eigenvalue weighted by Gasteiger charge is 2.21. The van der Waals surface area contributed by atoms with Gasteiger partial charge in [-0.05, 0) is 60.2 Å². The molecule has 1 unspecified atom stereocenters. The summed E-state index contributed by atoms with van der Waals surface area (Å²) in [6.07, 6.45) is 6.19. The molecule has 1 atom stereocenters. The Morgan fingerprint density at radius 1 is 1.15 bits per heavy atom. The van der Waals surface area contributed by atoms with Crippen LogP contribution in [0.4, 0.5) is 10.5 Å². The fourth-order valence-corrected chi connectivity index (χ4v) is 4.26. The number of nitrogens with zero attached hydrogens (tertiary/aromatic N) is 2. The maximum atomic E-state index is 12.1. The number of amides is 1. The molecule has 1 aromatic heterocycles. The molecule has 0 radical (unpaired) electrons. The van der Waals surface area contributed by atoms with Crippen molar-refractivity contribution in [3.63, 3.8) is 0 Å². The standard InChI is InChI=1S/C27H25ClN4O2/c28-25-15-24(30)23-11-10-20(26(23)32-25)7-1-2-12-34-27(33)31-17-19-6-4-9-22(14-19)21-8-3-5-18(13-21)16-29/h3-6,8-11,13-15,20H,1-2,7,12,17H2,(H2,30,32)(H,31,33). The number of anilines is 1. The summed E-state index contributed by atoms with van der Waals surface area (Å²) >= 11 is 6.04. The van der Waals surface area contributed by atoms with E-state index >= 15 is 0 Å². The number of fused-ring (bicyclic) bond motifs is 1. The Hall–Kier alpha value is -3.82. The van der Waals surface area contributed by atoms with Crippen LogP contribution < -0.4 is 11.1 Å². The highest BCUT2D eigenvalue weighted by Crippen LogP contribution is 2.36. The van der Waals surface area contributed by atoms with E-state index in [2.05, 4.69) is 22.4 Å². The molecule has 7 heteroatoms. The molecule has 6 nitrogen and oxygen atoms in total. The third-order valence-electron chi connectivity index (χ3n) is 5.77. The van der Waals surface area contributed by atoms with Gasteiger partial charge in [0.2, 0.25) is 0 Å². The Bertz CT molecular complexity index is 1270. The number of halogens is 1. The summed E-state index contributed by atoms with van der Waals surface area (Å²) in [5.41, 5.74) is 12.1. The maximum absolute atomic E-state index is 12.1. The average molecular weight is 473 g/mol. The Balaban J connectivity index is 1.19. The van der Waals surface area contributed by atoms with Gasteiger partial charge in [0.1, 0.15) is 5.15 Å². The van der Waals surface area contributed by atoms with E-state index in [4.69, 9.17) is 27.3 Å². The van der Waals surface area contributed by atoms with Crippen LogP contribution in [0, 0.1) is 11.3 Å². The Morgan fingerprint density at radius 3 is 2.76 bits per heavy atom. The van der Waals surface area contributed by atoms with Crippen molar-refractivity contribution in [3.05, 3.63) is 88.2 Å². The van der Waals surface area contributed by atoms with Gasteiger partial charge in [-0.25, -0.2) is 9.78 Å². The monoisotopic (exact) mass is 472 g/mol. The van der Waals surface area contributed by atoms with E-state index in [1.54, 1.807) is 12.1 Å². The summed E-state index contributed by atoms with van der Waals surface area (Å²) in [7, 11) is 0. The predicted molar refractivity (Wildman–Crippen MR) is 134 cm³/mol. The first-order valence-corrected chi connectivity index (χ1v) is 11.6. The largest absolute Gasteiger partial charge is 0.450 e. The normalized spacial score (nSPS) is 13.8. The molecule has 0 aliphatic heterocycles. The van der Waals surface area contributed by atoms with E-state index in [1.807, 2.05) is 48.5 Å². The van der Waals surface area contributed by atoms with Crippen LogP contribution >= 0.6 is 11.6 Å². The van der Waals surface area contributed by atoms with Crippen molar-refractivity contribution < 1.29 is 9.53 Å². The van der Waals surface area contributed by atoms with Crippen LogP contribution in [0.3, 0.4) is 0 Å². The van der Waals surface area contributed by atoms with Crippen LogP contribution in [-0.2, 0) is 11.3 Å². The van der Waals surface area contributed by atoms with E-state index in [-0.39, 0.29) is 5.92 Å². The molecular weight excluding hydrogens is 448 g/mol. The molecule has 172 valence electrons. The zero-order valence-corrected chi connectivity index (χ0v) is 19.4. The number of rotatable bonds is 8. The van der Waals surface area contributed by atoms with Gasteiger partial charge < -0.3 is 15.8 Å². The predicted octanol–water partition coefficient (Wildman–Crippen LogP) is 6.06. The van der Waals surface area contributed by atoms with Crippen LogP contribution in [0.5, 0.6) is 0 Å². The summed E-state index contributed by atoms with van der Waals surface area (Å²) in [6, 6.07) is 19.1. The van der Waals surface area contributed by atoms with Gasteiger partial charge in [0.25, 0.3) is 0 Å². The second-order valence-electron chi connectivity index (χ2n) is 8.18. The van der Waals surface area contributed by atoms with Crippen LogP contribution in [0.2, 0.25) is 5.15 Å². The molecule has 1 heterocycles. The molecule has 1 amide bonds. The molecular formula is C27H25ClN4O2. The molecule has 1 aliphatic rings. The lowest BCUT2D eigenvalue weighted by Crippen LogP contribution is -2.24. The quantitative estimate of drug-likeness (QED) is 0.306. The zero-order chi connectivity index (χ0) is 23.9. The number of pyridine rings is 1. The van der Waals surface area contributed by atoms with Gasteiger partial charge in [0, 0.05) is 23.7 Å². The van der Waals surface area contributed by atoms with Gasteiger partial charge >= 0.3 is 6.09 Å². The Kier molecular flexibility index (Phi) is 7.46. The lowest BCUT2D eigenvalue weighted by Gasteiger charge is -2.12. The minimum absolute atomic E-state index is 0.186. The van der Waals surface area contributed by atoms with Gasteiger partial charge in [-0.3, -0.25) is 0 Å². The number of nitrogens with one attached hydrogen (secondary N) is 1. The Labute approximate surface area is 204 Å². The second-order valence-corrected chi connectivity index (χ2v) is 8.56. The van der Waals surface area contributed by atoms with Crippen LogP contribution in [-0.4, -0.2) is 17.7 Å². The van der Waals surface area contributed by atoms with Crippen molar-refractivity contribution in [3.8, 4) is 17.2 Å². The summed E-state index contributed by atoms with van der Waals surface area (Å²) in [6.45, 7) is 0.712. The number of carbonyl (C=O) groups is 1. The molecule has 1 aliphatic carbocycles. The number of alkyl carbamates (subject to hydrolysis) is 1. The molecule has 3 N–H and O–H groups in total. The third kappa shape index (κ3) is 5.75. The molecule has 4 rings (SSSR count). The maximum Gasteiger partial charge on any atom is 0.407 e. The fraction of sp³-hybridized carbons (Fsp3) is 0.222. The van der Waals surface area contributed by atoms with Crippen molar-refractivity contribution in [1.82, 2.24) is 10.3 Å². The minimum atomic E-state index is -0.441. The van der Waals surface area contributed by atoms with Gasteiger partial charge in [-0.1, -0.05) is 54.1 Å². The number of unbranched alkanes of at least 4 members (excludes halogenated alkanes) is 1. The van der Waals surface area contributed by atoms with E-state index < -0.39 is 6.09 Å². The van der Waals surface area contributed by atoms with Crippen LogP contribution in [0.15, 0.2) is 60.7 Å². The van der Waals surface area contributed by atoms with Gasteiger partial charge in [0.15, 0.2) is 0 Å². The van der Waals surface area contributed by atoms with Crippen molar-refractivity contribution >= 4 is 29.5 Å². The molecule has 0 spiro atoms.